The van der Waals surface area contributed by atoms with Gasteiger partial charge in [-0.25, -0.2) is 0 Å². The standard InChI is InChI=1S/C6H5IS.5FH/c7-5-1-3-6(8)4-2-5;;;;;/h1-4,8H;5*1H. The predicted molar refractivity (Wildman–Crippen MR) is 58.9 cm³/mol. The van der Waals surface area contributed by atoms with Gasteiger partial charge in [-0.2, -0.15) is 0 Å². The number of hydrogen-bond donors (Lipinski definition) is 1. The van der Waals surface area contributed by atoms with Gasteiger partial charge in [-0.05, 0) is 46.9 Å². The fourth-order valence-corrected chi connectivity index (χ4v) is 0.950. The van der Waals surface area contributed by atoms with E-state index in [1.54, 1.807) is 0 Å². The first-order chi connectivity index (χ1) is 3.79. The molecule has 0 nitrogen and oxygen atoms in total. The van der Waals surface area contributed by atoms with Crippen LogP contribution in [0.2, 0.25) is 0 Å². The van der Waals surface area contributed by atoms with Gasteiger partial charge in [0.1, 0.15) is 0 Å². The molecule has 0 amide bonds. The normalized spacial score (nSPS) is 5.69. The molecule has 7 heteroatoms. The van der Waals surface area contributed by atoms with Crippen LogP contribution in [0.5, 0.6) is 0 Å². The molecule has 82 valence electrons. The molecule has 0 aromatic heterocycles. The minimum atomic E-state index is 0. The number of halogens is 6. The van der Waals surface area contributed by atoms with E-state index in [2.05, 4.69) is 35.2 Å². The summed E-state index contributed by atoms with van der Waals surface area (Å²) in [6.07, 6.45) is 0. The molecule has 0 saturated carbocycles. The summed E-state index contributed by atoms with van der Waals surface area (Å²) in [5.41, 5.74) is 0. The fraction of sp³-hybridized carbons (Fsp3) is 0. The third-order valence-corrected chi connectivity index (χ3v) is 1.84. The van der Waals surface area contributed by atoms with Gasteiger partial charge in [0.2, 0.25) is 0 Å². The Morgan fingerprint density at radius 3 is 1.31 bits per heavy atom. The highest BCUT2D eigenvalue weighted by atomic mass is 127. The molecule has 0 unspecified atom stereocenters. The molecule has 0 aliphatic carbocycles. The van der Waals surface area contributed by atoms with Crippen LogP contribution >= 0.6 is 35.2 Å². The molecule has 0 heterocycles. The first-order valence-electron chi connectivity index (χ1n) is 2.23. The lowest BCUT2D eigenvalue weighted by atomic mass is 10.4. The topological polar surface area (TPSA) is 0 Å². The Bertz CT molecular complexity index is 160. The van der Waals surface area contributed by atoms with Gasteiger partial charge >= 0.3 is 0 Å². The quantitative estimate of drug-likeness (QED) is 0.419. The average Bonchev–Trinajstić information content (AvgIpc) is 1.77. The lowest BCUT2D eigenvalue weighted by molar-refractivity contribution is 1.11. The van der Waals surface area contributed by atoms with Crippen molar-refractivity contribution in [2.75, 3.05) is 0 Å². The van der Waals surface area contributed by atoms with E-state index >= 15 is 0 Å². The Morgan fingerprint density at radius 1 is 0.769 bits per heavy atom. The van der Waals surface area contributed by atoms with Crippen LogP contribution in [0.15, 0.2) is 29.2 Å². The van der Waals surface area contributed by atoms with Gasteiger partial charge in [-0.3, -0.25) is 23.5 Å². The van der Waals surface area contributed by atoms with E-state index in [1.807, 2.05) is 24.3 Å². The molecule has 0 N–H and O–H groups in total. The van der Waals surface area contributed by atoms with Crippen molar-refractivity contribution in [2.24, 2.45) is 0 Å². The second-order valence-corrected chi connectivity index (χ2v) is 3.24. The van der Waals surface area contributed by atoms with E-state index < -0.39 is 0 Å². The zero-order valence-corrected chi connectivity index (χ0v) is 9.23. The highest BCUT2D eigenvalue weighted by molar-refractivity contribution is 14.1. The Hall–Kier alpha value is -0.0500. The second kappa shape index (κ2) is 14.5. The largest absolute Gasteiger partial charge is 0.269 e. The maximum absolute atomic E-state index is 4.13. The molecule has 13 heavy (non-hydrogen) atoms. The molecule has 0 aliphatic heterocycles. The highest BCUT2D eigenvalue weighted by Crippen LogP contribution is 2.08. The molecule has 0 atom stereocenters. The molecule has 1 aromatic carbocycles. The monoisotopic (exact) mass is 336 g/mol. The van der Waals surface area contributed by atoms with Gasteiger partial charge in [0.15, 0.2) is 0 Å². The minimum Gasteiger partial charge on any atom is -0.269 e. The third kappa shape index (κ3) is 12.0. The maximum Gasteiger partial charge on any atom is 0.0131 e. The van der Waals surface area contributed by atoms with Crippen molar-refractivity contribution in [3.8, 4) is 0 Å². The van der Waals surface area contributed by atoms with E-state index in [1.165, 1.54) is 3.57 Å². The summed E-state index contributed by atoms with van der Waals surface area (Å²) < 4.78 is 1.25. The van der Waals surface area contributed by atoms with Gasteiger partial charge in [0, 0.05) is 8.47 Å². The van der Waals surface area contributed by atoms with Crippen LogP contribution in [0, 0.1) is 3.57 Å². The summed E-state index contributed by atoms with van der Waals surface area (Å²) in [6.45, 7) is 0. The van der Waals surface area contributed by atoms with Crippen molar-refractivity contribution in [1.29, 1.82) is 0 Å². The van der Waals surface area contributed by atoms with E-state index in [0.717, 1.165) is 4.90 Å². The summed E-state index contributed by atoms with van der Waals surface area (Å²) in [6, 6.07) is 8.02. The molecule has 0 bridgehead atoms. The van der Waals surface area contributed by atoms with Crippen LogP contribution in [0.4, 0.5) is 23.5 Å². The van der Waals surface area contributed by atoms with Gasteiger partial charge in [0.05, 0.1) is 0 Å². The van der Waals surface area contributed by atoms with Gasteiger partial charge in [-0.15, -0.1) is 12.6 Å². The molecule has 0 saturated heterocycles. The highest BCUT2D eigenvalue weighted by Gasteiger charge is 1.82. The second-order valence-electron chi connectivity index (χ2n) is 1.48. The predicted octanol–water partition coefficient (Wildman–Crippen LogP) is 3.34. The summed E-state index contributed by atoms with van der Waals surface area (Å²) in [5.74, 6) is 0. The molecule has 1 aromatic rings. The summed E-state index contributed by atoms with van der Waals surface area (Å²) in [5, 5.41) is 0. The maximum atomic E-state index is 4.13. The third-order valence-electron chi connectivity index (χ3n) is 0.827. The first kappa shape index (κ1) is 29.3. The zero-order valence-electron chi connectivity index (χ0n) is 6.18. The molecule has 0 radical (unpaired) electrons. The van der Waals surface area contributed by atoms with Crippen molar-refractivity contribution in [3.05, 3.63) is 27.8 Å². The van der Waals surface area contributed by atoms with Crippen LogP contribution < -0.4 is 0 Å². The van der Waals surface area contributed by atoms with Crippen LogP contribution in [-0.4, -0.2) is 0 Å². The Kier molecular flexibility index (Phi) is 32.6. The van der Waals surface area contributed by atoms with E-state index in [4.69, 9.17) is 0 Å². The van der Waals surface area contributed by atoms with Crippen molar-refractivity contribution < 1.29 is 23.5 Å². The molecular weight excluding hydrogens is 326 g/mol. The molecule has 1 rings (SSSR count). The van der Waals surface area contributed by atoms with Crippen LogP contribution in [0.25, 0.3) is 0 Å². The molecular formula is C6H10F5IS. The summed E-state index contributed by atoms with van der Waals surface area (Å²) in [4.78, 5) is 1.02. The fourth-order valence-electron chi connectivity index (χ4n) is 0.441. The molecule has 0 spiro atoms. The Balaban J connectivity index is -0.0000000427. The van der Waals surface area contributed by atoms with Crippen molar-refractivity contribution in [1.82, 2.24) is 0 Å². The lowest BCUT2D eigenvalue weighted by Crippen LogP contribution is -1.66. The minimum absolute atomic E-state index is 0. The number of thiol groups is 1. The zero-order chi connectivity index (χ0) is 5.98. The van der Waals surface area contributed by atoms with Gasteiger partial charge in [-0.1, -0.05) is 0 Å². The van der Waals surface area contributed by atoms with Crippen molar-refractivity contribution in [3.63, 3.8) is 0 Å². The summed E-state index contributed by atoms with van der Waals surface area (Å²) in [7, 11) is 0. The van der Waals surface area contributed by atoms with E-state index in [9.17, 15) is 0 Å². The summed E-state index contributed by atoms with van der Waals surface area (Å²) >= 11 is 6.39. The van der Waals surface area contributed by atoms with Crippen LogP contribution in [0.3, 0.4) is 0 Å². The SMILES string of the molecule is F.F.F.F.F.Sc1ccc(I)cc1. The van der Waals surface area contributed by atoms with Crippen LogP contribution in [0.1, 0.15) is 0 Å². The van der Waals surface area contributed by atoms with E-state index in [-0.39, 0.29) is 23.5 Å². The number of benzene rings is 1. The van der Waals surface area contributed by atoms with Gasteiger partial charge in [0.25, 0.3) is 0 Å². The first-order valence-corrected chi connectivity index (χ1v) is 3.76. The van der Waals surface area contributed by atoms with Crippen LogP contribution in [-0.2, 0) is 0 Å². The number of hydrogen-bond acceptors (Lipinski definition) is 1. The lowest BCUT2D eigenvalue weighted by Gasteiger charge is -1.87. The van der Waals surface area contributed by atoms with Crippen molar-refractivity contribution >= 4 is 35.2 Å². The number of rotatable bonds is 0. The van der Waals surface area contributed by atoms with Crippen molar-refractivity contribution in [2.45, 2.75) is 4.90 Å². The van der Waals surface area contributed by atoms with Gasteiger partial charge < -0.3 is 0 Å². The molecule has 0 aliphatic rings. The Morgan fingerprint density at radius 2 is 1.08 bits per heavy atom. The average molecular weight is 336 g/mol. The Labute approximate surface area is 91.5 Å². The van der Waals surface area contributed by atoms with E-state index in [0.29, 0.717) is 0 Å². The molecule has 0 fully saturated rings. The smallest absolute Gasteiger partial charge is 0.0131 e.